The van der Waals surface area contributed by atoms with Crippen LogP contribution >= 0.6 is 0 Å². The molecule has 0 radical (unpaired) electrons. The van der Waals surface area contributed by atoms with Crippen LogP contribution in [0.25, 0.3) is 0 Å². The minimum Gasteiger partial charge on any atom is -0.298 e. The summed E-state index contributed by atoms with van der Waals surface area (Å²) in [5, 5.41) is 0. The second kappa shape index (κ2) is 7.88. The van der Waals surface area contributed by atoms with Crippen LogP contribution in [0.2, 0.25) is 0 Å². The summed E-state index contributed by atoms with van der Waals surface area (Å²) in [5.41, 5.74) is -0.588. The van der Waals surface area contributed by atoms with E-state index >= 15 is 0 Å². The van der Waals surface area contributed by atoms with Gasteiger partial charge in [-0.05, 0) is 32.4 Å². The van der Waals surface area contributed by atoms with Gasteiger partial charge in [-0.25, -0.2) is 0 Å². The summed E-state index contributed by atoms with van der Waals surface area (Å²) in [5.74, 6) is -0.0505. The van der Waals surface area contributed by atoms with Crippen molar-refractivity contribution in [3.05, 3.63) is 0 Å². The predicted octanol–water partition coefficient (Wildman–Crippen LogP) is 4.19. The molecular formula is C14H26F3NO. The van der Waals surface area contributed by atoms with E-state index in [1.54, 1.807) is 0 Å². The molecule has 0 spiro atoms. The van der Waals surface area contributed by atoms with Crippen molar-refractivity contribution in [2.75, 3.05) is 13.1 Å². The largest absolute Gasteiger partial charge is 0.389 e. The molecular weight excluding hydrogens is 255 g/mol. The van der Waals surface area contributed by atoms with Crippen LogP contribution in [0.1, 0.15) is 59.8 Å². The molecule has 0 amide bonds. The monoisotopic (exact) mass is 281 g/mol. The zero-order valence-electron chi connectivity index (χ0n) is 12.4. The highest BCUT2D eigenvalue weighted by Gasteiger charge is 2.39. The lowest BCUT2D eigenvalue weighted by Crippen LogP contribution is -2.53. The first-order valence-corrected chi connectivity index (χ1v) is 7.12. The lowest BCUT2D eigenvalue weighted by molar-refractivity contribution is -0.140. The molecule has 0 aliphatic carbocycles. The Labute approximate surface area is 114 Å². The summed E-state index contributed by atoms with van der Waals surface area (Å²) in [6.07, 6.45) is -3.84. The maximum atomic E-state index is 12.4. The van der Waals surface area contributed by atoms with E-state index in [0.717, 1.165) is 13.1 Å². The third kappa shape index (κ3) is 5.13. The van der Waals surface area contributed by atoms with Crippen molar-refractivity contribution in [2.24, 2.45) is 0 Å². The average Bonchev–Trinajstić information content (AvgIpc) is 2.34. The smallest absolute Gasteiger partial charge is 0.298 e. The number of rotatable bonds is 9. The summed E-state index contributed by atoms with van der Waals surface area (Å²) in [6.45, 7) is 9.30. The van der Waals surface area contributed by atoms with Gasteiger partial charge < -0.3 is 0 Å². The molecule has 0 saturated heterocycles. The van der Waals surface area contributed by atoms with Crippen LogP contribution in [0, 0.1) is 0 Å². The summed E-state index contributed by atoms with van der Waals surface area (Å²) in [7, 11) is 0. The van der Waals surface area contributed by atoms with Crippen molar-refractivity contribution >= 4 is 5.78 Å². The number of halogens is 3. The topological polar surface area (TPSA) is 20.3 Å². The van der Waals surface area contributed by atoms with E-state index in [4.69, 9.17) is 0 Å². The lowest BCUT2D eigenvalue weighted by atomic mass is 9.83. The molecule has 19 heavy (non-hydrogen) atoms. The Kier molecular flexibility index (Phi) is 7.64. The molecule has 0 saturated carbocycles. The standard InChI is InChI=1S/C14H26F3NO/c1-5-13(6-2,18(7-3)8-4)12(19)10-9-11-14(15,16)17/h5-11H2,1-4H3. The molecule has 5 heteroatoms. The molecule has 0 bridgehead atoms. The quantitative estimate of drug-likeness (QED) is 0.631. The molecule has 0 aromatic carbocycles. The predicted molar refractivity (Wildman–Crippen MR) is 71.1 cm³/mol. The maximum absolute atomic E-state index is 12.4. The zero-order chi connectivity index (χ0) is 15.1. The van der Waals surface area contributed by atoms with Crippen molar-refractivity contribution in [1.29, 1.82) is 0 Å². The number of nitrogens with zero attached hydrogens (tertiary/aromatic N) is 1. The molecule has 0 fully saturated rings. The first-order chi connectivity index (χ1) is 8.77. The normalized spacial score (nSPS) is 13.1. The number of carbonyl (C=O) groups is 1. The first kappa shape index (κ1) is 18.4. The highest BCUT2D eigenvalue weighted by Crippen LogP contribution is 2.29. The second-order valence-electron chi connectivity index (χ2n) is 4.80. The van der Waals surface area contributed by atoms with Gasteiger partial charge in [0.2, 0.25) is 0 Å². The number of likely N-dealkylation sites (N-methyl/N-ethyl adjacent to an activating group) is 1. The first-order valence-electron chi connectivity index (χ1n) is 7.12. The molecule has 2 nitrogen and oxygen atoms in total. The summed E-state index contributed by atoms with van der Waals surface area (Å²) >= 11 is 0. The minimum atomic E-state index is -4.17. The van der Waals surface area contributed by atoms with E-state index in [1.807, 2.05) is 27.7 Å². The highest BCUT2D eigenvalue weighted by atomic mass is 19.4. The maximum Gasteiger partial charge on any atom is 0.389 e. The number of Topliss-reactive ketones (excluding diaryl/α,β-unsaturated/α-hetero) is 1. The lowest BCUT2D eigenvalue weighted by Gasteiger charge is -2.41. The van der Waals surface area contributed by atoms with Crippen molar-refractivity contribution in [3.8, 4) is 0 Å². The Morgan fingerprint density at radius 1 is 1.00 bits per heavy atom. The average molecular weight is 281 g/mol. The van der Waals surface area contributed by atoms with Gasteiger partial charge in [0, 0.05) is 12.8 Å². The van der Waals surface area contributed by atoms with Gasteiger partial charge in [0.15, 0.2) is 5.78 Å². The fourth-order valence-electron chi connectivity index (χ4n) is 2.78. The second-order valence-corrected chi connectivity index (χ2v) is 4.80. The zero-order valence-corrected chi connectivity index (χ0v) is 12.4. The van der Waals surface area contributed by atoms with E-state index in [2.05, 4.69) is 4.90 Å². The van der Waals surface area contributed by atoms with Crippen LogP contribution in [-0.2, 0) is 4.79 Å². The van der Waals surface area contributed by atoms with Gasteiger partial charge in [0.1, 0.15) is 0 Å². The number of hydrogen-bond donors (Lipinski definition) is 0. The highest BCUT2D eigenvalue weighted by molar-refractivity contribution is 5.88. The van der Waals surface area contributed by atoms with Crippen LogP contribution < -0.4 is 0 Å². The Morgan fingerprint density at radius 2 is 1.47 bits per heavy atom. The van der Waals surface area contributed by atoms with E-state index in [-0.39, 0.29) is 18.6 Å². The molecule has 0 aliphatic rings. The molecule has 0 unspecified atom stereocenters. The molecule has 0 aliphatic heterocycles. The molecule has 114 valence electrons. The van der Waals surface area contributed by atoms with Gasteiger partial charge in [0.25, 0.3) is 0 Å². The number of alkyl halides is 3. The third-order valence-electron chi connectivity index (χ3n) is 3.92. The Bertz CT molecular complexity index is 268. The van der Waals surface area contributed by atoms with Crippen LogP contribution in [0.3, 0.4) is 0 Å². The summed E-state index contributed by atoms with van der Waals surface area (Å²) in [4.78, 5) is 14.4. The molecule has 0 aromatic heterocycles. The minimum absolute atomic E-state index is 0.0116. The molecule has 0 heterocycles. The Balaban J connectivity index is 4.74. The van der Waals surface area contributed by atoms with Gasteiger partial charge >= 0.3 is 6.18 Å². The van der Waals surface area contributed by atoms with E-state index in [0.29, 0.717) is 12.8 Å². The SMILES string of the molecule is CCN(CC)C(CC)(CC)C(=O)CCCC(F)(F)F. The van der Waals surface area contributed by atoms with Gasteiger partial charge in [-0.1, -0.05) is 27.7 Å². The molecule has 0 rings (SSSR count). The molecule has 0 atom stereocenters. The Morgan fingerprint density at radius 3 is 1.79 bits per heavy atom. The number of hydrogen-bond acceptors (Lipinski definition) is 2. The van der Waals surface area contributed by atoms with Crippen molar-refractivity contribution in [2.45, 2.75) is 71.5 Å². The van der Waals surface area contributed by atoms with Crippen LogP contribution in [0.4, 0.5) is 13.2 Å². The van der Waals surface area contributed by atoms with Crippen LogP contribution in [0.15, 0.2) is 0 Å². The van der Waals surface area contributed by atoms with Gasteiger partial charge in [-0.3, -0.25) is 9.69 Å². The van der Waals surface area contributed by atoms with Gasteiger partial charge in [-0.15, -0.1) is 0 Å². The van der Waals surface area contributed by atoms with E-state index in [9.17, 15) is 18.0 Å². The fourth-order valence-corrected chi connectivity index (χ4v) is 2.78. The Hall–Kier alpha value is -0.580. The number of carbonyl (C=O) groups excluding carboxylic acids is 1. The molecule has 0 N–H and O–H groups in total. The van der Waals surface area contributed by atoms with Crippen molar-refractivity contribution in [1.82, 2.24) is 4.90 Å². The fraction of sp³-hybridized carbons (Fsp3) is 0.929. The van der Waals surface area contributed by atoms with E-state index < -0.39 is 18.1 Å². The van der Waals surface area contributed by atoms with Crippen LogP contribution in [-0.4, -0.2) is 35.5 Å². The van der Waals surface area contributed by atoms with Crippen LogP contribution in [0.5, 0.6) is 0 Å². The molecule has 0 aromatic rings. The van der Waals surface area contributed by atoms with Crippen molar-refractivity contribution in [3.63, 3.8) is 0 Å². The van der Waals surface area contributed by atoms with E-state index in [1.165, 1.54) is 0 Å². The van der Waals surface area contributed by atoms with Gasteiger partial charge in [0.05, 0.1) is 5.54 Å². The summed E-state index contributed by atoms with van der Waals surface area (Å²) < 4.78 is 36.4. The number of ketones is 1. The third-order valence-corrected chi connectivity index (χ3v) is 3.92. The van der Waals surface area contributed by atoms with Gasteiger partial charge in [-0.2, -0.15) is 13.2 Å². The van der Waals surface area contributed by atoms with Crippen molar-refractivity contribution < 1.29 is 18.0 Å². The summed E-state index contributed by atoms with van der Waals surface area (Å²) in [6, 6.07) is 0.